The van der Waals surface area contributed by atoms with E-state index in [1.165, 1.54) is 18.5 Å². The van der Waals surface area contributed by atoms with Crippen molar-refractivity contribution in [1.82, 2.24) is 14.9 Å². The lowest BCUT2D eigenvalue weighted by atomic mass is 10.0. The number of hydrogen-bond acceptors (Lipinski definition) is 5. The molecule has 1 aliphatic rings. The molecule has 0 saturated carbocycles. The van der Waals surface area contributed by atoms with Gasteiger partial charge in [0.05, 0.1) is 30.3 Å². The van der Waals surface area contributed by atoms with Crippen LogP contribution in [0.15, 0.2) is 54.0 Å². The number of carbonyl (C=O) groups excluding carboxylic acids is 1. The first-order chi connectivity index (χ1) is 12.8. The number of rotatable bonds is 7. The number of nitrogens with zero attached hydrogens (tertiary/aromatic N) is 4. The summed E-state index contributed by atoms with van der Waals surface area (Å²) in [5, 5.41) is 3.10. The Balaban J connectivity index is 2.06. The number of anilines is 1. The maximum Gasteiger partial charge on any atom is 0.303 e. The fourth-order valence-electron chi connectivity index (χ4n) is 2.50. The standard InChI is InChI=1S/C19H23F2N5O/c1-4-8-22-16(14-6-9-26(10-7-14)17(27)5-2)13-23-15-11-24-18(25-12-15)19(3,20)21/h4-6,8,11-12,23H,2,7,9-10,13H2,1,3H3/b8-4-,22-16?. The summed E-state index contributed by atoms with van der Waals surface area (Å²) >= 11 is 0. The first kappa shape index (κ1) is 20.4. The number of allylic oxidation sites excluding steroid dienone is 1. The Bertz CT molecular complexity index is 763. The van der Waals surface area contributed by atoms with Crippen LogP contribution in [0, 0.1) is 0 Å². The minimum absolute atomic E-state index is 0.0969. The molecule has 144 valence electrons. The van der Waals surface area contributed by atoms with Crippen LogP contribution in [0.5, 0.6) is 0 Å². The minimum Gasteiger partial charge on any atom is -0.377 e. The number of carbonyl (C=O) groups is 1. The van der Waals surface area contributed by atoms with E-state index in [9.17, 15) is 13.6 Å². The summed E-state index contributed by atoms with van der Waals surface area (Å²) in [5.74, 6) is -3.68. The smallest absolute Gasteiger partial charge is 0.303 e. The van der Waals surface area contributed by atoms with E-state index in [-0.39, 0.29) is 5.91 Å². The SMILES string of the molecule is C=CC(=O)N1CC=C(C(CNc2cnc(C(C)(F)F)nc2)=N/C=C\C)CC1. The molecule has 0 aromatic carbocycles. The Kier molecular flexibility index (Phi) is 6.92. The number of nitrogens with one attached hydrogen (secondary N) is 1. The molecule has 0 radical (unpaired) electrons. The third-order valence-electron chi connectivity index (χ3n) is 3.95. The quantitative estimate of drug-likeness (QED) is 0.586. The number of amides is 1. The van der Waals surface area contributed by atoms with Gasteiger partial charge in [-0.25, -0.2) is 9.97 Å². The predicted octanol–water partition coefficient (Wildman–Crippen LogP) is 3.32. The Morgan fingerprint density at radius 3 is 2.67 bits per heavy atom. The van der Waals surface area contributed by atoms with Gasteiger partial charge in [-0.1, -0.05) is 18.7 Å². The van der Waals surface area contributed by atoms with Gasteiger partial charge in [0.15, 0.2) is 5.82 Å². The van der Waals surface area contributed by atoms with Gasteiger partial charge >= 0.3 is 5.92 Å². The topological polar surface area (TPSA) is 70.5 Å². The molecule has 0 bridgehead atoms. The van der Waals surface area contributed by atoms with Gasteiger partial charge in [-0.05, 0) is 25.0 Å². The lowest BCUT2D eigenvalue weighted by molar-refractivity contribution is -0.125. The zero-order valence-corrected chi connectivity index (χ0v) is 15.5. The van der Waals surface area contributed by atoms with Gasteiger partial charge in [-0.15, -0.1) is 0 Å². The van der Waals surface area contributed by atoms with Crippen molar-refractivity contribution in [3.63, 3.8) is 0 Å². The third-order valence-corrected chi connectivity index (χ3v) is 3.95. The monoisotopic (exact) mass is 375 g/mol. The summed E-state index contributed by atoms with van der Waals surface area (Å²) in [5.41, 5.74) is 2.37. The number of hydrogen-bond donors (Lipinski definition) is 1. The third kappa shape index (κ3) is 5.80. The molecule has 1 aromatic heterocycles. The van der Waals surface area contributed by atoms with Crippen LogP contribution in [0.2, 0.25) is 0 Å². The molecule has 0 spiro atoms. The van der Waals surface area contributed by atoms with Crippen LogP contribution < -0.4 is 5.32 Å². The first-order valence-corrected chi connectivity index (χ1v) is 8.58. The highest BCUT2D eigenvalue weighted by Gasteiger charge is 2.27. The van der Waals surface area contributed by atoms with Gasteiger partial charge in [0.25, 0.3) is 0 Å². The van der Waals surface area contributed by atoms with E-state index in [4.69, 9.17) is 0 Å². The molecule has 0 atom stereocenters. The van der Waals surface area contributed by atoms with Crippen molar-refractivity contribution in [3.05, 3.63) is 54.8 Å². The average molecular weight is 375 g/mol. The molecular weight excluding hydrogens is 352 g/mol. The van der Waals surface area contributed by atoms with Gasteiger partial charge in [0.1, 0.15) is 0 Å². The summed E-state index contributed by atoms with van der Waals surface area (Å²) in [6.45, 7) is 7.60. The molecule has 0 fully saturated rings. The Morgan fingerprint density at radius 1 is 1.44 bits per heavy atom. The van der Waals surface area contributed by atoms with E-state index < -0.39 is 11.7 Å². The number of halogens is 2. The van der Waals surface area contributed by atoms with Crippen LogP contribution in [-0.4, -0.2) is 46.1 Å². The summed E-state index contributed by atoms with van der Waals surface area (Å²) in [4.78, 5) is 25.2. The molecular formula is C19H23F2N5O. The Labute approximate surface area is 157 Å². The van der Waals surface area contributed by atoms with Crippen molar-refractivity contribution in [1.29, 1.82) is 0 Å². The van der Waals surface area contributed by atoms with Gasteiger partial charge in [-0.2, -0.15) is 8.78 Å². The number of alkyl halides is 2. The molecule has 6 nitrogen and oxygen atoms in total. The average Bonchev–Trinajstić information content (AvgIpc) is 2.67. The highest BCUT2D eigenvalue weighted by molar-refractivity contribution is 6.03. The Hall–Kier alpha value is -2.90. The summed E-state index contributed by atoms with van der Waals surface area (Å²) < 4.78 is 26.4. The molecule has 27 heavy (non-hydrogen) atoms. The molecule has 1 amide bonds. The lowest BCUT2D eigenvalue weighted by Crippen LogP contribution is -2.35. The van der Waals surface area contributed by atoms with Gasteiger partial charge in [0, 0.05) is 26.2 Å². The van der Waals surface area contributed by atoms with Gasteiger partial charge < -0.3 is 10.2 Å². The molecule has 1 aromatic rings. The predicted molar refractivity (Wildman–Crippen MR) is 102 cm³/mol. The van der Waals surface area contributed by atoms with Gasteiger partial charge in [0.2, 0.25) is 5.91 Å². The fourth-order valence-corrected chi connectivity index (χ4v) is 2.50. The van der Waals surface area contributed by atoms with Crippen LogP contribution in [0.4, 0.5) is 14.5 Å². The highest BCUT2D eigenvalue weighted by Crippen LogP contribution is 2.23. The minimum atomic E-state index is -3.07. The van der Waals surface area contributed by atoms with E-state index in [1.54, 1.807) is 11.1 Å². The number of aromatic nitrogens is 2. The van der Waals surface area contributed by atoms with Crippen molar-refractivity contribution in [2.45, 2.75) is 26.2 Å². The Morgan fingerprint density at radius 2 is 2.15 bits per heavy atom. The molecule has 2 rings (SSSR count). The van der Waals surface area contributed by atoms with Crippen molar-refractivity contribution in [2.24, 2.45) is 4.99 Å². The molecule has 1 N–H and O–H groups in total. The van der Waals surface area contributed by atoms with Crippen LogP contribution in [0.25, 0.3) is 0 Å². The van der Waals surface area contributed by atoms with Crippen molar-refractivity contribution >= 4 is 17.3 Å². The van der Waals surface area contributed by atoms with Crippen LogP contribution in [-0.2, 0) is 10.7 Å². The maximum atomic E-state index is 13.2. The number of aliphatic imine (C=N–C) groups is 1. The second-order valence-corrected chi connectivity index (χ2v) is 6.06. The molecule has 0 unspecified atom stereocenters. The summed E-state index contributed by atoms with van der Waals surface area (Å²) in [7, 11) is 0. The van der Waals surface area contributed by atoms with Crippen LogP contribution in [0.1, 0.15) is 26.1 Å². The summed E-state index contributed by atoms with van der Waals surface area (Å²) in [6.07, 6.45) is 10.1. The normalized spacial score (nSPS) is 15.6. The van der Waals surface area contributed by atoms with Gasteiger partial charge in [-0.3, -0.25) is 9.79 Å². The van der Waals surface area contributed by atoms with Crippen LogP contribution >= 0.6 is 0 Å². The van der Waals surface area contributed by atoms with E-state index in [1.807, 2.05) is 19.1 Å². The van der Waals surface area contributed by atoms with Crippen molar-refractivity contribution < 1.29 is 13.6 Å². The van der Waals surface area contributed by atoms with Crippen molar-refractivity contribution in [3.8, 4) is 0 Å². The van der Waals surface area contributed by atoms with E-state index in [2.05, 4.69) is 26.9 Å². The van der Waals surface area contributed by atoms with E-state index in [0.29, 0.717) is 31.7 Å². The molecule has 0 aliphatic carbocycles. The molecule has 2 heterocycles. The second kappa shape index (κ2) is 9.16. The largest absolute Gasteiger partial charge is 0.377 e. The molecule has 8 heteroatoms. The summed E-state index contributed by atoms with van der Waals surface area (Å²) in [6, 6.07) is 0. The van der Waals surface area contributed by atoms with Crippen LogP contribution in [0.3, 0.4) is 0 Å². The fraction of sp³-hybridized carbons (Fsp3) is 0.368. The zero-order valence-electron chi connectivity index (χ0n) is 15.5. The van der Waals surface area contributed by atoms with E-state index in [0.717, 1.165) is 18.2 Å². The first-order valence-electron chi connectivity index (χ1n) is 8.58. The van der Waals surface area contributed by atoms with Crippen molar-refractivity contribution in [2.75, 3.05) is 25.0 Å². The van der Waals surface area contributed by atoms with E-state index >= 15 is 0 Å². The molecule has 1 aliphatic heterocycles. The maximum absolute atomic E-state index is 13.2. The lowest BCUT2D eigenvalue weighted by Gasteiger charge is -2.26. The molecule has 0 saturated heterocycles. The highest BCUT2D eigenvalue weighted by atomic mass is 19.3. The zero-order chi connectivity index (χ0) is 19.9. The second-order valence-electron chi connectivity index (χ2n) is 6.06.